The third kappa shape index (κ3) is 3.59. The molecule has 0 heterocycles. The summed E-state index contributed by atoms with van der Waals surface area (Å²) < 4.78 is 0. The summed E-state index contributed by atoms with van der Waals surface area (Å²) in [6.45, 7) is 6.79. The van der Waals surface area contributed by atoms with Crippen LogP contribution in [0, 0.1) is 0 Å². The highest BCUT2D eigenvalue weighted by atomic mass is 14.1. The van der Waals surface area contributed by atoms with Crippen LogP contribution in [-0.2, 0) is 0 Å². The van der Waals surface area contributed by atoms with Crippen molar-refractivity contribution in [3.05, 3.63) is 53.1 Å². The van der Waals surface area contributed by atoms with Gasteiger partial charge < -0.3 is 0 Å². The van der Waals surface area contributed by atoms with Gasteiger partial charge >= 0.3 is 0 Å². The van der Waals surface area contributed by atoms with E-state index in [1.54, 1.807) is 0 Å². The Hall–Kier alpha value is -1.30. The van der Waals surface area contributed by atoms with Gasteiger partial charge in [0.05, 0.1) is 0 Å². The standard InChI is InChI=1S/C19H26/c1-4-6-16(5-2)17-11-13-19(14-12-17)18-9-7-15(3)8-10-18/h7,9,11-14,16H,4-6,8,10H2,1-3H3/t16-/m1/s1. The van der Waals surface area contributed by atoms with Crippen molar-refractivity contribution in [2.24, 2.45) is 0 Å². The Bertz CT molecular complexity index is 459. The van der Waals surface area contributed by atoms with Crippen LogP contribution in [0.4, 0.5) is 0 Å². The van der Waals surface area contributed by atoms with Gasteiger partial charge in [-0.1, -0.05) is 62.3 Å². The Kier molecular flexibility index (Phi) is 5.01. The van der Waals surface area contributed by atoms with E-state index in [1.807, 2.05) is 0 Å². The van der Waals surface area contributed by atoms with Crippen LogP contribution in [0.15, 0.2) is 42.0 Å². The molecule has 0 spiro atoms. The van der Waals surface area contributed by atoms with Crippen molar-refractivity contribution in [3.8, 4) is 0 Å². The lowest BCUT2D eigenvalue weighted by Gasteiger charge is -2.16. The zero-order chi connectivity index (χ0) is 13.7. The fourth-order valence-electron chi connectivity index (χ4n) is 2.91. The van der Waals surface area contributed by atoms with Gasteiger partial charge in [-0.15, -0.1) is 0 Å². The molecular formula is C19H26. The quantitative estimate of drug-likeness (QED) is 0.595. The number of allylic oxidation sites excluding steroid dienone is 4. The molecule has 1 aromatic rings. The van der Waals surface area contributed by atoms with Crippen molar-refractivity contribution in [3.63, 3.8) is 0 Å². The van der Waals surface area contributed by atoms with Crippen LogP contribution in [0.3, 0.4) is 0 Å². The number of hydrogen-bond acceptors (Lipinski definition) is 0. The lowest BCUT2D eigenvalue weighted by Crippen LogP contribution is -1.97. The second-order valence-electron chi connectivity index (χ2n) is 5.72. The Morgan fingerprint density at radius 2 is 1.74 bits per heavy atom. The van der Waals surface area contributed by atoms with E-state index in [9.17, 15) is 0 Å². The molecule has 0 nitrogen and oxygen atoms in total. The second kappa shape index (κ2) is 6.75. The number of hydrogen-bond donors (Lipinski definition) is 0. The van der Waals surface area contributed by atoms with Crippen LogP contribution in [0.25, 0.3) is 5.57 Å². The molecule has 0 heteroatoms. The summed E-state index contributed by atoms with van der Waals surface area (Å²) in [4.78, 5) is 0. The molecule has 0 radical (unpaired) electrons. The van der Waals surface area contributed by atoms with Crippen LogP contribution in [0.5, 0.6) is 0 Å². The van der Waals surface area contributed by atoms with E-state index in [2.05, 4.69) is 57.2 Å². The highest BCUT2D eigenvalue weighted by Gasteiger charge is 2.10. The molecule has 0 aliphatic heterocycles. The maximum atomic E-state index is 2.34. The van der Waals surface area contributed by atoms with Gasteiger partial charge in [0.2, 0.25) is 0 Å². The summed E-state index contributed by atoms with van der Waals surface area (Å²) in [5.41, 5.74) is 5.89. The van der Waals surface area contributed by atoms with E-state index in [-0.39, 0.29) is 0 Å². The molecule has 1 aliphatic rings. The largest absolute Gasteiger partial charge is 0.0730 e. The van der Waals surface area contributed by atoms with E-state index < -0.39 is 0 Å². The van der Waals surface area contributed by atoms with E-state index in [1.165, 1.54) is 54.4 Å². The normalized spacial score (nSPS) is 16.8. The highest BCUT2D eigenvalue weighted by Crippen LogP contribution is 2.29. The van der Waals surface area contributed by atoms with Gasteiger partial charge in [0, 0.05) is 0 Å². The Labute approximate surface area is 118 Å². The smallest absolute Gasteiger partial charge is 0.0165 e. The molecule has 0 amide bonds. The van der Waals surface area contributed by atoms with E-state index in [4.69, 9.17) is 0 Å². The van der Waals surface area contributed by atoms with Gasteiger partial charge in [0.15, 0.2) is 0 Å². The van der Waals surface area contributed by atoms with E-state index >= 15 is 0 Å². The molecule has 1 atom stereocenters. The monoisotopic (exact) mass is 254 g/mol. The first-order valence-electron chi connectivity index (χ1n) is 7.71. The molecule has 102 valence electrons. The summed E-state index contributed by atoms with van der Waals surface area (Å²) in [5.74, 6) is 0.738. The predicted molar refractivity (Wildman–Crippen MR) is 85.4 cm³/mol. The van der Waals surface area contributed by atoms with Crippen LogP contribution < -0.4 is 0 Å². The lowest BCUT2D eigenvalue weighted by atomic mass is 9.89. The zero-order valence-electron chi connectivity index (χ0n) is 12.6. The second-order valence-corrected chi connectivity index (χ2v) is 5.72. The summed E-state index contributed by atoms with van der Waals surface area (Å²) in [6.07, 6.45) is 10.8. The first-order valence-corrected chi connectivity index (χ1v) is 7.71. The Morgan fingerprint density at radius 1 is 1.00 bits per heavy atom. The van der Waals surface area contributed by atoms with E-state index in [0.717, 1.165) is 5.92 Å². The third-order valence-electron chi connectivity index (χ3n) is 4.24. The first kappa shape index (κ1) is 14.1. The van der Waals surface area contributed by atoms with Gasteiger partial charge in [0.25, 0.3) is 0 Å². The van der Waals surface area contributed by atoms with Crippen molar-refractivity contribution in [2.45, 2.75) is 58.8 Å². The topological polar surface area (TPSA) is 0 Å². The minimum absolute atomic E-state index is 0.738. The molecule has 0 bridgehead atoms. The van der Waals surface area contributed by atoms with Crippen LogP contribution in [0.2, 0.25) is 0 Å². The van der Waals surface area contributed by atoms with Crippen molar-refractivity contribution in [2.75, 3.05) is 0 Å². The minimum atomic E-state index is 0.738. The fraction of sp³-hybridized carbons (Fsp3) is 0.474. The maximum Gasteiger partial charge on any atom is -0.0165 e. The van der Waals surface area contributed by atoms with Crippen LogP contribution in [0.1, 0.15) is 69.9 Å². The summed E-state index contributed by atoms with van der Waals surface area (Å²) in [6, 6.07) is 9.30. The molecule has 19 heavy (non-hydrogen) atoms. The van der Waals surface area contributed by atoms with Crippen LogP contribution in [-0.4, -0.2) is 0 Å². The SMILES string of the molecule is CCC[C@@H](CC)c1ccc(C2=CC=C(C)CC2)cc1. The van der Waals surface area contributed by atoms with Gasteiger partial charge in [-0.2, -0.15) is 0 Å². The molecule has 0 saturated heterocycles. The lowest BCUT2D eigenvalue weighted by molar-refractivity contribution is 0.596. The average molecular weight is 254 g/mol. The Morgan fingerprint density at radius 3 is 2.26 bits per heavy atom. The fourth-order valence-corrected chi connectivity index (χ4v) is 2.91. The molecule has 2 rings (SSSR count). The van der Waals surface area contributed by atoms with E-state index in [0.29, 0.717) is 0 Å². The predicted octanol–water partition coefficient (Wildman–Crippen LogP) is 6.10. The van der Waals surface area contributed by atoms with Crippen LogP contribution >= 0.6 is 0 Å². The van der Waals surface area contributed by atoms with Gasteiger partial charge in [0.1, 0.15) is 0 Å². The van der Waals surface area contributed by atoms with Crippen molar-refractivity contribution in [1.82, 2.24) is 0 Å². The molecule has 0 unspecified atom stereocenters. The molecule has 1 aromatic carbocycles. The number of rotatable bonds is 5. The minimum Gasteiger partial charge on any atom is -0.0730 e. The average Bonchev–Trinajstić information content (AvgIpc) is 2.46. The molecule has 0 aromatic heterocycles. The van der Waals surface area contributed by atoms with Crippen molar-refractivity contribution < 1.29 is 0 Å². The van der Waals surface area contributed by atoms with Gasteiger partial charge in [-0.3, -0.25) is 0 Å². The maximum absolute atomic E-state index is 2.34. The van der Waals surface area contributed by atoms with Crippen molar-refractivity contribution >= 4 is 5.57 Å². The summed E-state index contributed by atoms with van der Waals surface area (Å²) in [5, 5.41) is 0. The van der Waals surface area contributed by atoms with Gasteiger partial charge in [-0.05, 0) is 55.2 Å². The molecule has 0 fully saturated rings. The Balaban J connectivity index is 2.14. The highest BCUT2D eigenvalue weighted by molar-refractivity contribution is 5.68. The van der Waals surface area contributed by atoms with Crippen molar-refractivity contribution in [1.29, 1.82) is 0 Å². The molecule has 0 N–H and O–H groups in total. The summed E-state index contributed by atoms with van der Waals surface area (Å²) in [7, 11) is 0. The zero-order valence-corrected chi connectivity index (χ0v) is 12.6. The van der Waals surface area contributed by atoms with Gasteiger partial charge in [-0.25, -0.2) is 0 Å². The number of benzene rings is 1. The molecule has 1 aliphatic carbocycles. The third-order valence-corrected chi connectivity index (χ3v) is 4.24. The molecular weight excluding hydrogens is 228 g/mol. The summed E-state index contributed by atoms with van der Waals surface area (Å²) >= 11 is 0. The first-order chi connectivity index (χ1) is 9.24. The molecule has 0 saturated carbocycles.